The van der Waals surface area contributed by atoms with E-state index in [1.54, 1.807) is 24.3 Å². The molecule has 19 heavy (non-hydrogen) atoms. The van der Waals surface area contributed by atoms with Gasteiger partial charge in [-0.25, -0.2) is 9.37 Å². The zero-order chi connectivity index (χ0) is 13.7. The lowest BCUT2D eigenvalue weighted by Gasteiger charge is -2.05. The topological polar surface area (TPSA) is 42.0 Å². The van der Waals surface area contributed by atoms with Crippen LogP contribution in [0.25, 0.3) is 0 Å². The summed E-state index contributed by atoms with van der Waals surface area (Å²) in [5.74, 6) is 0.149. The van der Waals surface area contributed by atoms with Gasteiger partial charge in [-0.15, -0.1) is 11.8 Å². The zero-order valence-corrected chi connectivity index (χ0v) is 11.2. The molecule has 98 valence electrons. The van der Waals surface area contributed by atoms with Crippen molar-refractivity contribution in [2.75, 3.05) is 11.1 Å². The molecule has 0 saturated heterocycles. The normalized spacial score (nSPS) is 10.2. The highest BCUT2D eigenvalue weighted by molar-refractivity contribution is 8.00. The summed E-state index contributed by atoms with van der Waals surface area (Å²) >= 11 is 1.16. The van der Waals surface area contributed by atoms with Gasteiger partial charge in [0.1, 0.15) is 11.6 Å². The van der Waals surface area contributed by atoms with Gasteiger partial charge in [-0.3, -0.25) is 4.79 Å². The third-order valence-electron chi connectivity index (χ3n) is 2.35. The van der Waals surface area contributed by atoms with Crippen LogP contribution in [0.4, 0.5) is 10.2 Å². The number of carbonyl (C=O) groups excluding carboxylic acids is 1. The van der Waals surface area contributed by atoms with Gasteiger partial charge in [-0.05, 0) is 31.2 Å². The largest absolute Gasteiger partial charge is 0.310 e. The molecule has 1 N–H and O–H groups in total. The molecular formula is C14H13FN2OS. The van der Waals surface area contributed by atoms with E-state index < -0.39 is 0 Å². The van der Waals surface area contributed by atoms with Crippen molar-refractivity contribution in [2.24, 2.45) is 0 Å². The molecule has 0 aliphatic carbocycles. The van der Waals surface area contributed by atoms with Crippen LogP contribution in [-0.4, -0.2) is 16.6 Å². The van der Waals surface area contributed by atoms with Crippen molar-refractivity contribution in [3.8, 4) is 0 Å². The lowest BCUT2D eigenvalue weighted by atomic mass is 10.3. The second-order valence-corrected chi connectivity index (χ2v) is 4.95. The monoisotopic (exact) mass is 276 g/mol. The molecule has 5 heteroatoms. The highest BCUT2D eigenvalue weighted by atomic mass is 32.2. The number of halogens is 1. The number of pyridine rings is 1. The number of carbonyl (C=O) groups is 1. The first-order valence-electron chi connectivity index (χ1n) is 5.76. The first-order chi connectivity index (χ1) is 9.15. The zero-order valence-electron chi connectivity index (χ0n) is 10.4. The van der Waals surface area contributed by atoms with Gasteiger partial charge in [0.2, 0.25) is 5.91 Å². The average Bonchev–Trinajstić information content (AvgIpc) is 2.38. The number of amides is 1. The molecule has 1 heterocycles. The molecule has 0 aliphatic rings. The summed E-state index contributed by atoms with van der Waals surface area (Å²) < 4.78 is 13.4. The van der Waals surface area contributed by atoms with Crippen LogP contribution in [0.5, 0.6) is 0 Å². The van der Waals surface area contributed by atoms with E-state index in [1.807, 2.05) is 19.1 Å². The average molecular weight is 276 g/mol. The minimum atomic E-state index is -0.311. The third kappa shape index (κ3) is 4.06. The number of hydrogen-bond donors (Lipinski definition) is 1. The van der Waals surface area contributed by atoms with E-state index in [9.17, 15) is 9.18 Å². The second kappa shape index (κ2) is 6.33. The van der Waals surface area contributed by atoms with Gasteiger partial charge in [0.25, 0.3) is 0 Å². The van der Waals surface area contributed by atoms with Crippen molar-refractivity contribution in [3.63, 3.8) is 0 Å². The Morgan fingerprint density at radius 3 is 2.79 bits per heavy atom. The van der Waals surface area contributed by atoms with E-state index in [0.717, 1.165) is 17.5 Å². The fourth-order valence-corrected chi connectivity index (χ4v) is 2.24. The van der Waals surface area contributed by atoms with E-state index in [2.05, 4.69) is 10.3 Å². The maximum Gasteiger partial charge on any atom is 0.235 e. The minimum absolute atomic E-state index is 0.149. The molecule has 2 aromatic rings. The summed E-state index contributed by atoms with van der Waals surface area (Å²) in [7, 11) is 0. The molecule has 0 spiro atoms. The van der Waals surface area contributed by atoms with Gasteiger partial charge in [-0.2, -0.15) is 0 Å². The molecule has 0 bridgehead atoms. The third-order valence-corrected chi connectivity index (χ3v) is 3.40. The van der Waals surface area contributed by atoms with Crippen molar-refractivity contribution in [2.45, 2.75) is 11.8 Å². The molecule has 0 unspecified atom stereocenters. The number of aryl methyl sites for hydroxylation is 1. The van der Waals surface area contributed by atoms with Crippen LogP contribution in [0.2, 0.25) is 0 Å². The number of rotatable bonds is 4. The number of benzene rings is 1. The molecular weight excluding hydrogens is 263 g/mol. The number of anilines is 1. The highest BCUT2D eigenvalue weighted by Gasteiger charge is 2.07. The molecule has 0 atom stereocenters. The van der Waals surface area contributed by atoms with Crippen molar-refractivity contribution < 1.29 is 9.18 Å². The van der Waals surface area contributed by atoms with Crippen LogP contribution < -0.4 is 5.32 Å². The van der Waals surface area contributed by atoms with Gasteiger partial charge in [0, 0.05) is 10.6 Å². The molecule has 1 aromatic heterocycles. The smallest absolute Gasteiger partial charge is 0.235 e. The summed E-state index contributed by atoms with van der Waals surface area (Å²) in [4.78, 5) is 16.4. The molecule has 0 fully saturated rings. The predicted molar refractivity (Wildman–Crippen MR) is 74.7 cm³/mol. The van der Waals surface area contributed by atoms with Crippen molar-refractivity contribution in [3.05, 3.63) is 54.0 Å². The van der Waals surface area contributed by atoms with E-state index in [1.165, 1.54) is 6.07 Å². The Kier molecular flexibility index (Phi) is 4.52. The number of nitrogens with zero attached hydrogens (tertiary/aromatic N) is 1. The van der Waals surface area contributed by atoms with Gasteiger partial charge in [-0.1, -0.05) is 18.2 Å². The predicted octanol–water partition coefficient (Wildman–Crippen LogP) is 3.26. The first-order valence-corrected chi connectivity index (χ1v) is 6.74. The van der Waals surface area contributed by atoms with Crippen LogP contribution in [0.1, 0.15) is 5.69 Å². The number of hydrogen-bond acceptors (Lipinski definition) is 3. The van der Waals surface area contributed by atoms with Crippen molar-refractivity contribution in [1.29, 1.82) is 0 Å². The van der Waals surface area contributed by atoms with Crippen LogP contribution in [0.3, 0.4) is 0 Å². The van der Waals surface area contributed by atoms with Gasteiger partial charge >= 0.3 is 0 Å². The van der Waals surface area contributed by atoms with Crippen LogP contribution in [0, 0.1) is 12.7 Å². The lowest BCUT2D eigenvalue weighted by Crippen LogP contribution is -2.15. The Balaban J connectivity index is 1.90. The summed E-state index contributed by atoms with van der Waals surface area (Å²) in [6, 6.07) is 11.8. The quantitative estimate of drug-likeness (QED) is 0.872. The summed E-state index contributed by atoms with van der Waals surface area (Å²) in [5, 5.41) is 2.68. The van der Waals surface area contributed by atoms with E-state index >= 15 is 0 Å². The van der Waals surface area contributed by atoms with Gasteiger partial charge in [0.15, 0.2) is 0 Å². The Bertz CT molecular complexity index is 589. The molecule has 0 saturated carbocycles. The lowest BCUT2D eigenvalue weighted by molar-refractivity contribution is -0.113. The fraction of sp³-hybridized carbons (Fsp3) is 0.143. The van der Waals surface area contributed by atoms with Crippen LogP contribution in [0.15, 0.2) is 47.4 Å². The maximum atomic E-state index is 13.4. The number of nitrogens with one attached hydrogen (secondary N) is 1. The molecule has 1 aromatic carbocycles. The molecule has 3 nitrogen and oxygen atoms in total. The Morgan fingerprint density at radius 1 is 1.26 bits per heavy atom. The summed E-state index contributed by atoms with van der Waals surface area (Å²) in [5.41, 5.74) is 0.833. The molecule has 0 radical (unpaired) electrons. The van der Waals surface area contributed by atoms with E-state index in [0.29, 0.717) is 10.7 Å². The molecule has 0 aliphatic heterocycles. The van der Waals surface area contributed by atoms with Crippen LogP contribution in [-0.2, 0) is 4.79 Å². The Labute approximate surface area is 115 Å². The number of thioether (sulfide) groups is 1. The second-order valence-electron chi connectivity index (χ2n) is 3.93. The summed E-state index contributed by atoms with van der Waals surface area (Å²) in [6.07, 6.45) is 0. The standard InChI is InChI=1S/C14H13FN2OS/c1-10-5-4-8-13(16-10)17-14(18)9-19-12-7-3-2-6-11(12)15/h2-8H,9H2,1H3,(H,16,17,18). The van der Waals surface area contributed by atoms with Gasteiger partial charge in [0.05, 0.1) is 5.75 Å². The first kappa shape index (κ1) is 13.5. The fourth-order valence-electron chi connectivity index (χ4n) is 1.50. The summed E-state index contributed by atoms with van der Waals surface area (Å²) in [6.45, 7) is 1.85. The Morgan fingerprint density at radius 2 is 2.05 bits per heavy atom. The van der Waals surface area contributed by atoms with E-state index in [-0.39, 0.29) is 17.5 Å². The van der Waals surface area contributed by atoms with Crippen LogP contribution >= 0.6 is 11.8 Å². The van der Waals surface area contributed by atoms with Crippen molar-refractivity contribution >= 4 is 23.5 Å². The highest BCUT2D eigenvalue weighted by Crippen LogP contribution is 2.21. The van der Waals surface area contributed by atoms with E-state index in [4.69, 9.17) is 0 Å². The Hall–Kier alpha value is -1.88. The molecule has 1 amide bonds. The molecule has 2 rings (SSSR count). The minimum Gasteiger partial charge on any atom is -0.310 e. The van der Waals surface area contributed by atoms with Gasteiger partial charge < -0.3 is 5.32 Å². The number of aromatic nitrogens is 1. The maximum absolute atomic E-state index is 13.4. The SMILES string of the molecule is Cc1cccc(NC(=O)CSc2ccccc2F)n1. The van der Waals surface area contributed by atoms with Crippen molar-refractivity contribution in [1.82, 2.24) is 4.98 Å².